The van der Waals surface area contributed by atoms with Gasteiger partial charge in [-0.05, 0) is 63.5 Å². The summed E-state index contributed by atoms with van der Waals surface area (Å²) < 4.78 is 26.5. The van der Waals surface area contributed by atoms with E-state index in [4.69, 9.17) is 0 Å². The lowest BCUT2D eigenvalue weighted by Crippen LogP contribution is -2.58. The Bertz CT molecular complexity index is 667. The Hall–Kier alpha value is -1.57. The molecule has 7 heteroatoms. The second-order valence-electron chi connectivity index (χ2n) is 7.90. The summed E-state index contributed by atoms with van der Waals surface area (Å²) in [6.45, 7) is 4.97. The van der Waals surface area contributed by atoms with E-state index >= 15 is 0 Å². The summed E-state index contributed by atoms with van der Waals surface area (Å²) in [6, 6.07) is 3.65. The summed E-state index contributed by atoms with van der Waals surface area (Å²) in [5.74, 6) is -2.15. The van der Waals surface area contributed by atoms with Crippen molar-refractivity contribution in [1.82, 2.24) is 14.7 Å². The van der Waals surface area contributed by atoms with Gasteiger partial charge in [0.05, 0.1) is 0 Å². The van der Waals surface area contributed by atoms with Crippen LogP contribution in [0.4, 0.5) is 8.78 Å². The predicted molar refractivity (Wildman–Crippen MR) is 99.1 cm³/mol. The molecule has 1 N–H and O–H groups in total. The van der Waals surface area contributed by atoms with Crippen molar-refractivity contribution in [3.05, 3.63) is 35.4 Å². The monoisotopic (exact) mass is 381 g/mol. The Morgan fingerprint density at radius 1 is 1.15 bits per heavy atom. The van der Waals surface area contributed by atoms with E-state index in [2.05, 4.69) is 4.90 Å². The Kier molecular flexibility index (Phi) is 6.44. The van der Waals surface area contributed by atoms with E-state index in [1.165, 1.54) is 18.9 Å². The second kappa shape index (κ2) is 8.63. The molecule has 0 saturated carbocycles. The highest BCUT2D eigenvalue weighted by Crippen LogP contribution is 2.25. The van der Waals surface area contributed by atoms with E-state index < -0.39 is 17.2 Å². The second-order valence-corrected chi connectivity index (χ2v) is 7.90. The molecule has 27 heavy (non-hydrogen) atoms. The standard InChI is InChI=1S/C20H29F2N3O2/c1-23(11-12-24-8-2-3-9-24)15-20(27)7-4-10-25(19(20)26)14-16-5-6-17(21)18(22)13-16/h5-6,13,27H,2-4,7-12,14-15H2,1H3. The third-order valence-corrected chi connectivity index (χ3v) is 5.59. The quantitative estimate of drug-likeness (QED) is 0.783. The number of halogens is 2. The first-order valence-electron chi connectivity index (χ1n) is 9.74. The number of likely N-dealkylation sites (tertiary alicyclic amines) is 2. The first kappa shape index (κ1) is 20.2. The normalized spacial score (nSPS) is 24.2. The van der Waals surface area contributed by atoms with Crippen molar-refractivity contribution < 1.29 is 18.7 Å². The summed E-state index contributed by atoms with van der Waals surface area (Å²) in [5.41, 5.74) is -0.898. The van der Waals surface area contributed by atoms with Crippen molar-refractivity contribution in [2.75, 3.05) is 46.3 Å². The molecule has 2 fully saturated rings. The molecule has 0 radical (unpaired) electrons. The van der Waals surface area contributed by atoms with Gasteiger partial charge in [0.1, 0.15) is 0 Å². The van der Waals surface area contributed by atoms with Crippen LogP contribution in [-0.2, 0) is 11.3 Å². The van der Waals surface area contributed by atoms with Gasteiger partial charge in [0.25, 0.3) is 5.91 Å². The Morgan fingerprint density at radius 3 is 2.59 bits per heavy atom. The molecule has 2 heterocycles. The van der Waals surface area contributed by atoms with E-state index in [9.17, 15) is 18.7 Å². The third-order valence-electron chi connectivity index (χ3n) is 5.59. The van der Waals surface area contributed by atoms with Gasteiger partial charge in [-0.2, -0.15) is 0 Å². The first-order valence-corrected chi connectivity index (χ1v) is 9.74. The minimum absolute atomic E-state index is 0.176. The lowest BCUT2D eigenvalue weighted by Gasteiger charge is -2.40. The van der Waals surface area contributed by atoms with Gasteiger partial charge in [-0.25, -0.2) is 8.78 Å². The van der Waals surface area contributed by atoms with Gasteiger partial charge in [-0.15, -0.1) is 0 Å². The zero-order chi connectivity index (χ0) is 19.4. The highest BCUT2D eigenvalue weighted by Gasteiger charge is 2.42. The zero-order valence-corrected chi connectivity index (χ0v) is 16.0. The molecule has 1 atom stereocenters. The van der Waals surface area contributed by atoms with Crippen molar-refractivity contribution in [3.63, 3.8) is 0 Å². The van der Waals surface area contributed by atoms with Gasteiger partial charge < -0.3 is 19.8 Å². The van der Waals surface area contributed by atoms with Crippen molar-refractivity contribution in [2.24, 2.45) is 0 Å². The molecule has 0 aliphatic carbocycles. The topological polar surface area (TPSA) is 47.0 Å². The molecule has 1 aromatic rings. The number of piperidine rings is 1. The van der Waals surface area contributed by atoms with Crippen LogP contribution >= 0.6 is 0 Å². The molecule has 0 spiro atoms. The molecule has 150 valence electrons. The van der Waals surface area contributed by atoms with Crippen LogP contribution in [0.1, 0.15) is 31.2 Å². The zero-order valence-electron chi connectivity index (χ0n) is 16.0. The number of likely N-dealkylation sites (N-methyl/N-ethyl adjacent to an activating group) is 1. The first-order chi connectivity index (χ1) is 12.9. The number of benzene rings is 1. The largest absolute Gasteiger partial charge is 0.379 e. The average Bonchev–Trinajstić information content (AvgIpc) is 3.14. The number of hydrogen-bond acceptors (Lipinski definition) is 4. The molecule has 2 aliphatic heterocycles. The molecule has 3 rings (SSSR count). The Morgan fingerprint density at radius 2 is 1.89 bits per heavy atom. The molecular weight excluding hydrogens is 352 g/mol. The number of carbonyl (C=O) groups is 1. The number of amides is 1. The van der Waals surface area contributed by atoms with E-state index in [1.54, 1.807) is 4.90 Å². The lowest BCUT2D eigenvalue weighted by molar-refractivity contribution is -0.159. The maximum Gasteiger partial charge on any atom is 0.256 e. The number of carbonyl (C=O) groups excluding carboxylic acids is 1. The van der Waals surface area contributed by atoms with Crippen LogP contribution in [0.5, 0.6) is 0 Å². The lowest BCUT2D eigenvalue weighted by atomic mass is 9.91. The highest BCUT2D eigenvalue weighted by atomic mass is 19.2. The smallest absolute Gasteiger partial charge is 0.256 e. The molecule has 2 aliphatic rings. The molecule has 1 aromatic carbocycles. The highest BCUT2D eigenvalue weighted by molar-refractivity contribution is 5.86. The van der Waals surface area contributed by atoms with Crippen molar-refractivity contribution in [2.45, 2.75) is 37.8 Å². The van der Waals surface area contributed by atoms with Crippen LogP contribution in [0.25, 0.3) is 0 Å². The molecule has 5 nitrogen and oxygen atoms in total. The number of hydrogen-bond donors (Lipinski definition) is 1. The fourth-order valence-electron chi connectivity index (χ4n) is 4.07. The molecule has 1 amide bonds. The van der Waals surface area contributed by atoms with Crippen LogP contribution in [0.2, 0.25) is 0 Å². The fraction of sp³-hybridized carbons (Fsp3) is 0.650. The van der Waals surface area contributed by atoms with Crippen LogP contribution in [0.15, 0.2) is 18.2 Å². The summed E-state index contributed by atoms with van der Waals surface area (Å²) in [6.07, 6.45) is 3.59. The van der Waals surface area contributed by atoms with Crippen LogP contribution in [-0.4, -0.2) is 77.6 Å². The third kappa shape index (κ3) is 5.03. The fourth-order valence-corrected chi connectivity index (χ4v) is 4.07. The molecule has 2 saturated heterocycles. The van der Waals surface area contributed by atoms with Gasteiger partial charge in [-0.1, -0.05) is 6.07 Å². The molecule has 0 bridgehead atoms. The van der Waals surface area contributed by atoms with Gasteiger partial charge >= 0.3 is 0 Å². The SMILES string of the molecule is CN(CCN1CCCC1)CC1(O)CCCN(Cc2ccc(F)c(F)c2)C1=O. The maximum atomic E-state index is 13.4. The Labute approximate surface area is 159 Å². The molecular formula is C20H29F2N3O2. The number of aliphatic hydroxyl groups is 1. The van der Waals surface area contributed by atoms with Gasteiger partial charge in [0.15, 0.2) is 17.2 Å². The summed E-state index contributed by atoms with van der Waals surface area (Å²) in [4.78, 5) is 18.8. The Balaban J connectivity index is 1.57. The van der Waals surface area contributed by atoms with Crippen molar-refractivity contribution in [3.8, 4) is 0 Å². The number of nitrogens with zero attached hydrogens (tertiary/aromatic N) is 3. The maximum absolute atomic E-state index is 13.4. The van der Waals surface area contributed by atoms with E-state index in [-0.39, 0.29) is 19.0 Å². The minimum atomic E-state index is -1.42. The minimum Gasteiger partial charge on any atom is -0.379 e. The van der Waals surface area contributed by atoms with Gasteiger partial charge in [0, 0.05) is 32.7 Å². The summed E-state index contributed by atoms with van der Waals surface area (Å²) in [5, 5.41) is 11.0. The van der Waals surface area contributed by atoms with Crippen LogP contribution < -0.4 is 0 Å². The van der Waals surface area contributed by atoms with Crippen molar-refractivity contribution >= 4 is 5.91 Å². The molecule has 0 aromatic heterocycles. The van der Waals surface area contributed by atoms with E-state index in [1.807, 2.05) is 11.9 Å². The van der Waals surface area contributed by atoms with Gasteiger partial charge in [-0.3, -0.25) is 4.79 Å². The molecule has 1 unspecified atom stereocenters. The number of rotatable bonds is 7. The van der Waals surface area contributed by atoms with E-state index in [0.29, 0.717) is 24.9 Å². The van der Waals surface area contributed by atoms with Crippen LogP contribution in [0.3, 0.4) is 0 Å². The van der Waals surface area contributed by atoms with Crippen LogP contribution in [0, 0.1) is 11.6 Å². The van der Waals surface area contributed by atoms with Crippen molar-refractivity contribution in [1.29, 1.82) is 0 Å². The summed E-state index contributed by atoms with van der Waals surface area (Å²) in [7, 11) is 1.93. The summed E-state index contributed by atoms with van der Waals surface area (Å²) >= 11 is 0. The van der Waals surface area contributed by atoms with Gasteiger partial charge in [0.2, 0.25) is 0 Å². The average molecular weight is 381 g/mol. The van der Waals surface area contributed by atoms with E-state index in [0.717, 1.165) is 38.3 Å². The predicted octanol–water partition coefficient (Wildman–Crippen LogP) is 1.85.